The number of rotatable bonds is 9. The van der Waals surface area contributed by atoms with Gasteiger partial charge in [-0.1, -0.05) is 24.1 Å². The molecule has 2 aromatic rings. The van der Waals surface area contributed by atoms with Gasteiger partial charge in [0.15, 0.2) is 5.75 Å². The molecular weight excluding hydrogens is 364 g/mol. The van der Waals surface area contributed by atoms with Gasteiger partial charge in [0.25, 0.3) is 5.56 Å². The van der Waals surface area contributed by atoms with Gasteiger partial charge in [0.2, 0.25) is 5.75 Å². The molecule has 1 aromatic heterocycles. The third-order valence-corrected chi connectivity index (χ3v) is 4.60. The first-order valence-corrected chi connectivity index (χ1v) is 10.1. The van der Waals surface area contributed by atoms with Crippen molar-refractivity contribution in [1.82, 2.24) is 4.98 Å². The van der Waals surface area contributed by atoms with E-state index >= 15 is 0 Å². The van der Waals surface area contributed by atoms with Crippen LogP contribution in [0.15, 0.2) is 58.1 Å². The number of allylic oxidation sites excluding steroid dienone is 5. The van der Waals surface area contributed by atoms with E-state index in [9.17, 15) is 4.79 Å². The van der Waals surface area contributed by atoms with Crippen LogP contribution in [0.25, 0.3) is 10.9 Å². The maximum Gasteiger partial charge on any atom is 0.294 e. The second-order valence-corrected chi connectivity index (χ2v) is 7.31. The lowest BCUT2D eigenvalue weighted by Gasteiger charge is -2.15. The quantitative estimate of drug-likeness (QED) is 0.315. The van der Waals surface area contributed by atoms with Crippen LogP contribution in [0.5, 0.6) is 11.5 Å². The number of H-pyrrole nitrogens is 1. The molecule has 156 valence electrons. The Morgan fingerprint density at radius 3 is 2.59 bits per heavy atom. The summed E-state index contributed by atoms with van der Waals surface area (Å²) < 4.78 is 11.9. The van der Waals surface area contributed by atoms with Crippen LogP contribution in [-0.4, -0.2) is 11.6 Å². The van der Waals surface area contributed by atoms with E-state index in [4.69, 9.17) is 15.2 Å². The van der Waals surface area contributed by atoms with Gasteiger partial charge in [-0.3, -0.25) is 4.79 Å². The van der Waals surface area contributed by atoms with Crippen LogP contribution in [0.2, 0.25) is 0 Å². The Morgan fingerprint density at radius 2 is 1.93 bits per heavy atom. The van der Waals surface area contributed by atoms with Gasteiger partial charge in [0.05, 0.1) is 11.3 Å². The average Bonchev–Trinajstić information content (AvgIpc) is 2.67. The maximum absolute atomic E-state index is 12.7. The van der Waals surface area contributed by atoms with E-state index in [1.54, 1.807) is 12.1 Å². The Labute approximate surface area is 172 Å². The predicted octanol–water partition coefficient (Wildman–Crippen LogP) is 5.87. The fraction of sp³-hybridized carbons (Fsp3) is 0.375. The minimum atomic E-state index is -0.333. The molecular formula is C24H32N2O3. The maximum atomic E-state index is 12.7. The number of hydrogen-bond donors (Lipinski definition) is 2. The van der Waals surface area contributed by atoms with Crippen molar-refractivity contribution in [1.29, 1.82) is 0 Å². The second kappa shape index (κ2) is 10.6. The van der Waals surface area contributed by atoms with Crippen molar-refractivity contribution in [3.8, 4) is 11.5 Å². The summed E-state index contributed by atoms with van der Waals surface area (Å²) in [4.78, 5) is 15.5. The van der Waals surface area contributed by atoms with E-state index in [1.165, 1.54) is 11.1 Å². The van der Waals surface area contributed by atoms with Gasteiger partial charge in [-0.05, 0) is 70.9 Å². The zero-order valence-corrected chi connectivity index (χ0v) is 18.1. The van der Waals surface area contributed by atoms with Crippen molar-refractivity contribution >= 4 is 16.6 Å². The molecule has 0 fully saturated rings. The molecule has 0 amide bonds. The van der Waals surface area contributed by atoms with E-state index in [1.807, 2.05) is 32.1 Å². The number of nitrogens with two attached hydrogens (primary N) is 1. The lowest BCUT2D eigenvalue weighted by molar-refractivity contribution is 0.323. The smallest absolute Gasteiger partial charge is 0.294 e. The third kappa shape index (κ3) is 6.28. The highest BCUT2D eigenvalue weighted by Gasteiger charge is 2.17. The Morgan fingerprint density at radius 1 is 1.17 bits per heavy atom. The third-order valence-electron chi connectivity index (χ3n) is 4.60. The number of aromatic nitrogens is 1. The lowest BCUT2D eigenvalue weighted by atomic mass is 10.1. The molecule has 0 aliphatic heterocycles. The summed E-state index contributed by atoms with van der Waals surface area (Å²) in [5.41, 5.74) is 9.27. The molecule has 0 spiro atoms. The lowest BCUT2D eigenvalue weighted by Crippen LogP contribution is -2.14. The highest BCUT2D eigenvalue weighted by Crippen LogP contribution is 2.34. The monoisotopic (exact) mass is 396 g/mol. The average molecular weight is 397 g/mol. The molecule has 0 saturated heterocycles. The minimum absolute atomic E-state index is 0.184. The van der Waals surface area contributed by atoms with E-state index < -0.39 is 0 Å². The van der Waals surface area contributed by atoms with Crippen LogP contribution in [0, 0.1) is 0 Å². The molecule has 3 N–H and O–H groups in total. The first-order chi connectivity index (χ1) is 13.8. The van der Waals surface area contributed by atoms with Gasteiger partial charge in [0, 0.05) is 17.5 Å². The van der Waals surface area contributed by atoms with E-state index in [0.717, 1.165) is 24.0 Å². The zero-order valence-electron chi connectivity index (χ0n) is 18.1. The Hall–Kier alpha value is -2.95. The van der Waals surface area contributed by atoms with Crippen LogP contribution in [-0.2, 0) is 0 Å². The molecule has 0 bridgehead atoms. The number of nitrogen functional groups attached to an aromatic ring is 1. The number of aromatic amines is 1. The predicted molar refractivity (Wildman–Crippen MR) is 122 cm³/mol. The second-order valence-electron chi connectivity index (χ2n) is 7.31. The van der Waals surface area contributed by atoms with Crippen molar-refractivity contribution in [2.45, 2.75) is 53.9 Å². The SMILES string of the molecule is CC=C(CC)Oc1c(OC/C=C(\C)CCC=C(C)C)c(=O)[nH]c2cc(N)ccc12. The minimum Gasteiger partial charge on any atom is -0.481 e. The molecule has 0 radical (unpaired) electrons. The summed E-state index contributed by atoms with van der Waals surface area (Å²) in [6.07, 6.45) is 8.78. The van der Waals surface area contributed by atoms with Crippen molar-refractivity contribution in [3.05, 3.63) is 63.7 Å². The summed E-state index contributed by atoms with van der Waals surface area (Å²) in [7, 11) is 0. The number of fused-ring (bicyclic) bond motifs is 1. The van der Waals surface area contributed by atoms with Gasteiger partial charge < -0.3 is 20.2 Å². The van der Waals surface area contributed by atoms with Crippen LogP contribution < -0.4 is 20.8 Å². The van der Waals surface area contributed by atoms with Gasteiger partial charge in [0.1, 0.15) is 6.61 Å². The van der Waals surface area contributed by atoms with Crippen molar-refractivity contribution in [3.63, 3.8) is 0 Å². The Balaban J connectivity index is 2.33. The largest absolute Gasteiger partial charge is 0.481 e. The summed E-state index contributed by atoms with van der Waals surface area (Å²) in [6.45, 7) is 10.5. The number of pyridine rings is 1. The molecule has 2 rings (SSSR count). The number of hydrogen-bond acceptors (Lipinski definition) is 4. The summed E-state index contributed by atoms with van der Waals surface area (Å²) in [5, 5.41) is 0.755. The van der Waals surface area contributed by atoms with E-state index in [0.29, 0.717) is 30.0 Å². The molecule has 0 aliphatic carbocycles. The van der Waals surface area contributed by atoms with E-state index in [2.05, 4.69) is 31.8 Å². The zero-order chi connectivity index (χ0) is 21.4. The van der Waals surface area contributed by atoms with Gasteiger partial charge in [-0.2, -0.15) is 0 Å². The highest BCUT2D eigenvalue weighted by molar-refractivity contribution is 5.89. The van der Waals surface area contributed by atoms with E-state index in [-0.39, 0.29) is 11.3 Å². The summed E-state index contributed by atoms with van der Waals surface area (Å²) >= 11 is 0. The molecule has 0 aliphatic rings. The summed E-state index contributed by atoms with van der Waals surface area (Å²) in [5.74, 6) is 1.38. The van der Waals surface area contributed by atoms with Crippen LogP contribution in [0.1, 0.15) is 53.9 Å². The molecule has 29 heavy (non-hydrogen) atoms. The number of ether oxygens (including phenoxy) is 2. The first kappa shape index (κ1) is 22.3. The Kier molecular flexibility index (Phi) is 8.13. The molecule has 0 atom stereocenters. The standard InChI is InChI=1S/C24H32N2O3/c1-6-19(7-2)29-22-20-12-11-18(25)15-21(20)26-24(27)23(22)28-14-13-17(5)10-8-9-16(3)4/h6,9,11-13,15H,7-8,10,14,25H2,1-5H3,(H,26,27)/b17-13+,19-6?. The van der Waals surface area contributed by atoms with Gasteiger partial charge >= 0.3 is 0 Å². The van der Waals surface area contributed by atoms with Crippen molar-refractivity contribution in [2.75, 3.05) is 12.3 Å². The van der Waals surface area contributed by atoms with Gasteiger partial charge in [-0.25, -0.2) is 0 Å². The number of benzene rings is 1. The molecule has 0 unspecified atom stereocenters. The van der Waals surface area contributed by atoms with Crippen LogP contribution in [0.3, 0.4) is 0 Å². The Bertz CT molecular complexity index is 993. The fourth-order valence-electron chi connectivity index (χ4n) is 2.92. The highest BCUT2D eigenvalue weighted by atomic mass is 16.5. The molecule has 1 aromatic carbocycles. The van der Waals surface area contributed by atoms with Crippen molar-refractivity contribution < 1.29 is 9.47 Å². The molecule has 5 heteroatoms. The molecule has 1 heterocycles. The number of nitrogens with one attached hydrogen (secondary N) is 1. The van der Waals surface area contributed by atoms with Gasteiger partial charge in [-0.15, -0.1) is 0 Å². The van der Waals surface area contributed by atoms with Crippen LogP contribution >= 0.6 is 0 Å². The first-order valence-electron chi connectivity index (χ1n) is 10.1. The number of anilines is 1. The van der Waals surface area contributed by atoms with Crippen LogP contribution in [0.4, 0.5) is 5.69 Å². The summed E-state index contributed by atoms with van der Waals surface area (Å²) in [6, 6.07) is 5.35. The molecule has 5 nitrogen and oxygen atoms in total. The normalized spacial score (nSPS) is 12.2. The topological polar surface area (TPSA) is 77.3 Å². The fourth-order valence-corrected chi connectivity index (χ4v) is 2.92. The van der Waals surface area contributed by atoms with Crippen molar-refractivity contribution in [2.24, 2.45) is 0 Å². The molecule has 0 saturated carbocycles.